The van der Waals surface area contributed by atoms with E-state index in [1.165, 1.54) is 32.4 Å². The molecular formula is C14H30N2. The normalized spacial score (nSPS) is 22.9. The summed E-state index contributed by atoms with van der Waals surface area (Å²) in [6, 6.07) is 0.788. The zero-order valence-corrected chi connectivity index (χ0v) is 11.6. The molecule has 0 spiro atoms. The summed E-state index contributed by atoms with van der Waals surface area (Å²) in [6.45, 7) is 12.7. The predicted molar refractivity (Wildman–Crippen MR) is 71.4 cm³/mol. The Kier molecular flexibility index (Phi) is 5.77. The van der Waals surface area contributed by atoms with E-state index in [4.69, 9.17) is 5.73 Å². The van der Waals surface area contributed by atoms with Gasteiger partial charge in [-0.15, -0.1) is 0 Å². The monoisotopic (exact) mass is 226 g/mol. The van der Waals surface area contributed by atoms with Gasteiger partial charge >= 0.3 is 0 Å². The molecule has 2 nitrogen and oxygen atoms in total. The highest BCUT2D eigenvalue weighted by molar-refractivity contribution is 4.83. The molecule has 0 bridgehead atoms. The van der Waals surface area contributed by atoms with Gasteiger partial charge in [0.1, 0.15) is 0 Å². The van der Waals surface area contributed by atoms with Gasteiger partial charge in [-0.1, -0.05) is 27.7 Å². The smallest absolute Gasteiger partial charge is 0.0100 e. The zero-order valence-electron chi connectivity index (χ0n) is 11.6. The average molecular weight is 226 g/mol. The Bertz CT molecular complexity index is 179. The lowest BCUT2D eigenvalue weighted by atomic mass is 9.94. The van der Waals surface area contributed by atoms with Crippen LogP contribution in [0, 0.1) is 17.8 Å². The molecule has 1 fully saturated rings. The van der Waals surface area contributed by atoms with E-state index >= 15 is 0 Å². The van der Waals surface area contributed by atoms with Crippen LogP contribution in [0.3, 0.4) is 0 Å². The minimum atomic E-state index is 0.752. The topological polar surface area (TPSA) is 29.3 Å². The van der Waals surface area contributed by atoms with Crippen molar-refractivity contribution in [3.05, 3.63) is 0 Å². The van der Waals surface area contributed by atoms with E-state index in [0.29, 0.717) is 0 Å². The van der Waals surface area contributed by atoms with Crippen molar-refractivity contribution in [1.29, 1.82) is 0 Å². The molecule has 1 atom stereocenters. The van der Waals surface area contributed by atoms with Crippen LogP contribution >= 0.6 is 0 Å². The van der Waals surface area contributed by atoms with E-state index in [-0.39, 0.29) is 0 Å². The Labute approximate surface area is 102 Å². The minimum Gasteiger partial charge on any atom is -0.330 e. The Hall–Kier alpha value is -0.0800. The zero-order chi connectivity index (χ0) is 12.1. The summed E-state index contributed by atoms with van der Waals surface area (Å²) in [7, 11) is 0. The highest BCUT2D eigenvalue weighted by Gasteiger charge is 2.28. The molecule has 96 valence electrons. The molecule has 0 saturated carbocycles. The van der Waals surface area contributed by atoms with Crippen LogP contribution in [0.2, 0.25) is 0 Å². The predicted octanol–water partition coefficient (Wildman–Crippen LogP) is 2.73. The summed E-state index contributed by atoms with van der Waals surface area (Å²) in [4.78, 5) is 2.69. The quantitative estimate of drug-likeness (QED) is 0.754. The highest BCUT2D eigenvalue weighted by atomic mass is 15.2. The summed E-state index contributed by atoms with van der Waals surface area (Å²) in [5, 5.41) is 0. The molecule has 0 aromatic rings. The summed E-state index contributed by atoms with van der Waals surface area (Å²) >= 11 is 0. The Morgan fingerprint density at radius 1 is 1.12 bits per heavy atom. The maximum atomic E-state index is 5.77. The first-order valence-corrected chi connectivity index (χ1v) is 6.97. The van der Waals surface area contributed by atoms with E-state index in [1.54, 1.807) is 0 Å². The molecule has 0 aromatic heterocycles. The van der Waals surface area contributed by atoms with Crippen LogP contribution in [-0.2, 0) is 0 Å². The Morgan fingerprint density at radius 3 is 2.06 bits per heavy atom. The number of nitrogens with zero attached hydrogens (tertiary/aromatic N) is 1. The van der Waals surface area contributed by atoms with Gasteiger partial charge in [-0.25, -0.2) is 0 Å². The molecule has 0 aromatic carbocycles. The Balaban J connectivity index is 2.48. The van der Waals surface area contributed by atoms with Crippen molar-refractivity contribution in [2.75, 3.05) is 19.6 Å². The van der Waals surface area contributed by atoms with Crippen molar-refractivity contribution in [3.63, 3.8) is 0 Å². The number of rotatable bonds is 6. The van der Waals surface area contributed by atoms with Crippen molar-refractivity contribution in [2.45, 2.75) is 53.0 Å². The van der Waals surface area contributed by atoms with Crippen LogP contribution in [0.15, 0.2) is 0 Å². The van der Waals surface area contributed by atoms with E-state index < -0.39 is 0 Å². The lowest BCUT2D eigenvalue weighted by Crippen LogP contribution is -2.36. The first kappa shape index (κ1) is 14.0. The lowest BCUT2D eigenvalue weighted by molar-refractivity contribution is 0.180. The fraction of sp³-hybridized carbons (Fsp3) is 1.00. The van der Waals surface area contributed by atoms with Crippen molar-refractivity contribution in [3.8, 4) is 0 Å². The first-order chi connectivity index (χ1) is 7.52. The molecule has 2 heteroatoms. The van der Waals surface area contributed by atoms with E-state index in [2.05, 4.69) is 32.6 Å². The molecule has 1 rings (SSSR count). The molecule has 1 aliphatic rings. The molecule has 1 unspecified atom stereocenters. The van der Waals surface area contributed by atoms with Crippen molar-refractivity contribution < 1.29 is 0 Å². The van der Waals surface area contributed by atoms with Gasteiger partial charge < -0.3 is 10.6 Å². The largest absolute Gasteiger partial charge is 0.330 e. The molecule has 0 amide bonds. The molecule has 1 aliphatic heterocycles. The SMILES string of the molecule is CC(C)CC(CC(C)C)N1CCC(CN)C1. The van der Waals surface area contributed by atoms with Gasteiger partial charge in [0.2, 0.25) is 0 Å². The van der Waals surface area contributed by atoms with Gasteiger partial charge in [0, 0.05) is 12.6 Å². The number of likely N-dealkylation sites (tertiary alicyclic amines) is 1. The maximum absolute atomic E-state index is 5.77. The second-order valence-electron chi connectivity index (χ2n) is 6.30. The molecule has 0 aliphatic carbocycles. The second-order valence-corrected chi connectivity index (χ2v) is 6.30. The summed E-state index contributed by atoms with van der Waals surface area (Å²) in [5.41, 5.74) is 5.77. The summed E-state index contributed by atoms with van der Waals surface area (Å²) in [6.07, 6.45) is 3.99. The van der Waals surface area contributed by atoms with Crippen LogP contribution in [0.25, 0.3) is 0 Å². The van der Waals surface area contributed by atoms with Crippen LogP contribution in [0.4, 0.5) is 0 Å². The van der Waals surface area contributed by atoms with Crippen LogP contribution in [0.5, 0.6) is 0 Å². The molecule has 16 heavy (non-hydrogen) atoms. The fourth-order valence-electron chi connectivity index (χ4n) is 2.87. The van der Waals surface area contributed by atoms with Crippen LogP contribution in [-0.4, -0.2) is 30.6 Å². The minimum absolute atomic E-state index is 0.752. The van der Waals surface area contributed by atoms with Crippen LogP contribution in [0.1, 0.15) is 47.0 Å². The van der Waals surface area contributed by atoms with E-state index in [0.717, 1.165) is 30.3 Å². The molecule has 2 N–H and O–H groups in total. The average Bonchev–Trinajstić information content (AvgIpc) is 2.63. The summed E-state index contributed by atoms with van der Waals surface area (Å²) in [5.74, 6) is 2.36. The third-order valence-electron chi connectivity index (χ3n) is 3.65. The van der Waals surface area contributed by atoms with Crippen molar-refractivity contribution in [2.24, 2.45) is 23.5 Å². The van der Waals surface area contributed by atoms with Gasteiger partial charge in [0.15, 0.2) is 0 Å². The number of hydrogen-bond donors (Lipinski definition) is 1. The fourth-order valence-corrected chi connectivity index (χ4v) is 2.87. The third kappa shape index (κ3) is 4.42. The van der Waals surface area contributed by atoms with Gasteiger partial charge in [-0.3, -0.25) is 0 Å². The molecule has 1 saturated heterocycles. The number of hydrogen-bond acceptors (Lipinski definition) is 2. The molecular weight excluding hydrogens is 196 g/mol. The number of nitrogens with two attached hydrogens (primary N) is 1. The summed E-state index contributed by atoms with van der Waals surface area (Å²) < 4.78 is 0. The van der Waals surface area contributed by atoms with Crippen LogP contribution < -0.4 is 5.73 Å². The second kappa shape index (κ2) is 6.61. The Morgan fingerprint density at radius 2 is 1.69 bits per heavy atom. The van der Waals surface area contributed by atoms with Gasteiger partial charge in [0.05, 0.1) is 0 Å². The van der Waals surface area contributed by atoms with E-state index in [9.17, 15) is 0 Å². The third-order valence-corrected chi connectivity index (χ3v) is 3.65. The lowest BCUT2D eigenvalue weighted by Gasteiger charge is -2.30. The standard InChI is InChI=1S/C14H30N2/c1-11(2)7-14(8-12(3)4)16-6-5-13(9-15)10-16/h11-14H,5-10,15H2,1-4H3. The maximum Gasteiger partial charge on any atom is 0.0100 e. The first-order valence-electron chi connectivity index (χ1n) is 6.97. The van der Waals surface area contributed by atoms with E-state index in [1.807, 2.05) is 0 Å². The highest BCUT2D eigenvalue weighted by Crippen LogP contribution is 2.25. The molecule has 1 heterocycles. The van der Waals surface area contributed by atoms with Gasteiger partial charge in [-0.2, -0.15) is 0 Å². The van der Waals surface area contributed by atoms with Gasteiger partial charge in [-0.05, 0) is 50.1 Å². The molecule has 0 radical (unpaired) electrons. The van der Waals surface area contributed by atoms with Crippen molar-refractivity contribution >= 4 is 0 Å². The van der Waals surface area contributed by atoms with Crippen molar-refractivity contribution in [1.82, 2.24) is 4.90 Å². The van der Waals surface area contributed by atoms with Gasteiger partial charge in [0.25, 0.3) is 0 Å².